The van der Waals surface area contributed by atoms with Crippen LogP contribution >= 0.6 is 11.3 Å². The number of aromatic nitrogens is 1. The minimum Gasteiger partial charge on any atom is -0.497 e. The molecule has 0 fully saturated rings. The molecule has 4 aromatic rings. The third-order valence-corrected chi connectivity index (χ3v) is 7.49. The summed E-state index contributed by atoms with van der Waals surface area (Å²) in [4.78, 5) is 32.8. The topological polar surface area (TPSA) is 81.9 Å². The van der Waals surface area contributed by atoms with Gasteiger partial charge in [-0.3, -0.25) is 14.2 Å². The van der Waals surface area contributed by atoms with Gasteiger partial charge in [0, 0.05) is 5.69 Å². The fraction of sp³-hybridized carbons (Fsp3) is 0.167. The third kappa shape index (κ3) is 4.78. The van der Waals surface area contributed by atoms with E-state index in [4.69, 9.17) is 14.5 Å². The molecule has 38 heavy (non-hydrogen) atoms. The first-order valence-electron chi connectivity index (χ1n) is 12.1. The fourth-order valence-electron chi connectivity index (χ4n) is 4.47. The summed E-state index contributed by atoms with van der Waals surface area (Å²) in [5.74, 6) is 1.13. The predicted octanol–water partition coefficient (Wildman–Crippen LogP) is 4.20. The molecular formula is C30H27N3O4S. The van der Waals surface area contributed by atoms with Crippen LogP contribution in [0.1, 0.15) is 29.7 Å². The lowest BCUT2D eigenvalue weighted by molar-refractivity contribution is -0.113. The highest BCUT2D eigenvalue weighted by molar-refractivity contribution is 7.07. The molecule has 0 aliphatic carbocycles. The predicted molar refractivity (Wildman–Crippen MR) is 150 cm³/mol. The van der Waals surface area contributed by atoms with E-state index >= 15 is 0 Å². The van der Waals surface area contributed by atoms with Crippen molar-refractivity contribution < 1.29 is 14.3 Å². The second kappa shape index (κ2) is 10.5. The summed E-state index contributed by atoms with van der Waals surface area (Å²) in [6, 6.07) is 21.8. The van der Waals surface area contributed by atoms with Gasteiger partial charge in [0.25, 0.3) is 11.5 Å². The molecule has 0 saturated carbocycles. The molecule has 2 heterocycles. The number of nitrogens with zero attached hydrogens (tertiary/aromatic N) is 2. The van der Waals surface area contributed by atoms with Crippen LogP contribution in [0.2, 0.25) is 0 Å². The van der Waals surface area contributed by atoms with Crippen LogP contribution in [0.5, 0.6) is 11.5 Å². The van der Waals surface area contributed by atoms with E-state index in [1.54, 1.807) is 18.8 Å². The Hall–Kier alpha value is -4.43. The van der Waals surface area contributed by atoms with E-state index in [1.165, 1.54) is 11.3 Å². The van der Waals surface area contributed by atoms with Gasteiger partial charge in [-0.05, 0) is 66.9 Å². The van der Waals surface area contributed by atoms with Crippen molar-refractivity contribution in [2.75, 3.05) is 19.5 Å². The SMILES string of the molecule is COc1ccc(/C=c2/sc3n(c2=O)[C@@H](c2ccc(OC)cc2)C(C(=O)Nc2ccccc2C)=C(C)N=3)cc1. The van der Waals surface area contributed by atoms with E-state index in [0.717, 1.165) is 22.4 Å². The smallest absolute Gasteiger partial charge is 0.271 e. The molecule has 1 amide bonds. The number of benzene rings is 3. The van der Waals surface area contributed by atoms with Crippen molar-refractivity contribution in [1.29, 1.82) is 0 Å². The number of fused-ring (bicyclic) bond motifs is 1. The van der Waals surface area contributed by atoms with Gasteiger partial charge in [-0.2, -0.15) is 0 Å². The maximum absolute atomic E-state index is 13.8. The Morgan fingerprint density at radius 3 is 2.21 bits per heavy atom. The normalized spacial score (nSPS) is 15.1. The van der Waals surface area contributed by atoms with Crippen LogP contribution in [0.15, 0.2) is 93.9 Å². The summed E-state index contributed by atoms with van der Waals surface area (Å²) >= 11 is 1.30. The second-order valence-corrected chi connectivity index (χ2v) is 9.91. The lowest BCUT2D eigenvalue weighted by atomic mass is 9.95. The van der Waals surface area contributed by atoms with E-state index in [1.807, 2.05) is 92.7 Å². The lowest BCUT2D eigenvalue weighted by Gasteiger charge is -2.25. The van der Waals surface area contributed by atoms with Gasteiger partial charge in [-0.1, -0.05) is 53.8 Å². The molecule has 1 aliphatic rings. The number of aryl methyl sites for hydroxylation is 1. The molecule has 0 saturated heterocycles. The Labute approximate surface area is 224 Å². The van der Waals surface area contributed by atoms with Crippen LogP contribution in [0.3, 0.4) is 0 Å². The maximum atomic E-state index is 13.8. The number of allylic oxidation sites excluding steroid dienone is 1. The van der Waals surface area contributed by atoms with Gasteiger partial charge >= 0.3 is 0 Å². The summed E-state index contributed by atoms with van der Waals surface area (Å²) in [5.41, 5.74) is 4.08. The molecular weight excluding hydrogens is 498 g/mol. The van der Waals surface area contributed by atoms with Gasteiger partial charge in [0.15, 0.2) is 4.80 Å². The molecule has 1 atom stereocenters. The summed E-state index contributed by atoms with van der Waals surface area (Å²) in [5, 5.41) is 3.03. The lowest BCUT2D eigenvalue weighted by Crippen LogP contribution is -2.40. The van der Waals surface area contributed by atoms with Crippen LogP contribution in [-0.4, -0.2) is 24.7 Å². The number of amides is 1. The Morgan fingerprint density at radius 2 is 1.58 bits per heavy atom. The molecule has 8 heteroatoms. The van der Waals surface area contributed by atoms with Gasteiger partial charge < -0.3 is 14.8 Å². The van der Waals surface area contributed by atoms with Crippen LogP contribution in [0, 0.1) is 6.92 Å². The number of hydrogen-bond acceptors (Lipinski definition) is 6. The van der Waals surface area contributed by atoms with Crippen molar-refractivity contribution >= 4 is 29.0 Å². The first-order chi connectivity index (χ1) is 18.4. The van der Waals surface area contributed by atoms with Gasteiger partial charge in [-0.25, -0.2) is 4.99 Å². The molecule has 7 nitrogen and oxygen atoms in total. The molecule has 1 N–H and O–H groups in total. The number of carbonyl (C=O) groups excluding carboxylic acids is 1. The van der Waals surface area contributed by atoms with Crippen molar-refractivity contribution in [2.24, 2.45) is 4.99 Å². The molecule has 1 aliphatic heterocycles. The van der Waals surface area contributed by atoms with Crippen molar-refractivity contribution in [1.82, 2.24) is 4.57 Å². The molecule has 3 aromatic carbocycles. The number of para-hydroxylation sites is 1. The number of hydrogen-bond donors (Lipinski definition) is 1. The van der Waals surface area contributed by atoms with E-state index in [9.17, 15) is 9.59 Å². The minimum atomic E-state index is -0.654. The highest BCUT2D eigenvalue weighted by atomic mass is 32.1. The van der Waals surface area contributed by atoms with Crippen molar-refractivity contribution in [2.45, 2.75) is 19.9 Å². The fourth-order valence-corrected chi connectivity index (χ4v) is 5.51. The van der Waals surface area contributed by atoms with Crippen LogP contribution < -0.4 is 29.7 Å². The number of ether oxygens (including phenoxy) is 2. The van der Waals surface area contributed by atoms with E-state index in [-0.39, 0.29) is 11.5 Å². The first kappa shape index (κ1) is 25.2. The zero-order valence-electron chi connectivity index (χ0n) is 21.5. The zero-order chi connectivity index (χ0) is 26.8. The van der Waals surface area contributed by atoms with Crippen LogP contribution in [-0.2, 0) is 4.79 Å². The van der Waals surface area contributed by atoms with Gasteiger partial charge in [0.1, 0.15) is 11.5 Å². The van der Waals surface area contributed by atoms with E-state index in [0.29, 0.717) is 32.0 Å². The molecule has 0 spiro atoms. The Balaban J connectivity index is 1.65. The van der Waals surface area contributed by atoms with Crippen LogP contribution in [0.25, 0.3) is 6.08 Å². The summed E-state index contributed by atoms with van der Waals surface area (Å²) < 4.78 is 12.7. The van der Waals surface area contributed by atoms with Crippen LogP contribution in [0.4, 0.5) is 5.69 Å². The number of thiazole rings is 1. The molecule has 1 aromatic heterocycles. The van der Waals surface area contributed by atoms with E-state index in [2.05, 4.69) is 5.32 Å². The van der Waals surface area contributed by atoms with E-state index < -0.39 is 6.04 Å². The van der Waals surface area contributed by atoms with Gasteiger partial charge in [0.2, 0.25) is 0 Å². The second-order valence-electron chi connectivity index (χ2n) is 8.90. The van der Waals surface area contributed by atoms with Crippen molar-refractivity contribution in [3.05, 3.63) is 120 Å². The summed E-state index contributed by atoms with van der Waals surface area (Å²) in [6.07, 6.45) is 1.83. The zero-order valence-corrected chi connectivity index (χ0v) is 22.3. The first-order valence-corrected chi connectivity index (χ1v) is 12.9. The Bertz CT molecular complexity index is 1720. The quantitative estimate of drug-likeness (QED) is 0.409. The monoisotopic (exact) mass is 525 g/mol. The third-order valence-electron chi connectivity index (χ3n) is 6.50. The van der Waals surface area contributed by atoms with Gasteiger partial charge in [-0.15, -0.1) is 0 Å². The van der Waals surface area contributed by atoms with Crippen molar-refractivity contribution in [3.8, 4) is 11.5 Å². The molecule has 0 radical (unpaired) electrons. The van der Waals surface area contributed by atoms with Gasteiger partial charge in [0.05, 0.1) is 36.1 Å². The molecule has 5 rings (SSSR count). The average molecular weight is 526 g/mol. The molecule has 0 unspecified atom stereocenters. The number of carbonyl (C=O) groups is 1. The number of methoxy groups -OCH3 is 2. The summed E-state index contributed by atoms with van der Waals surface area (Å²) in [6.45, 7) is 3.75. The highest BCUT2D eigenvalue weighted by Gasteiger charge is 2.32. The molecule has 0 bridgehead atoms. The van der Waals surface area contributed by atoms with Crippen molar-refractivity contribution in [3.63, 3.8) is 0 Å². The number of nitrogens with one attached hydrogen (secondary N) is 1. The Morgan fingerprint density at radius 1 is 0.947 bits per heavy atom. The Kier molecular flexibility index (Phi) is 6.98. The molecule has 192 valence electrons. The largest absolute Gasteiger partial charge is 0.497 e. The summed E-state index contributed by atoms with van der Waals surface area (Å²) in [7, 11) is 3.21. The maximum Gasteiger partial charge on any atom is 0.271 e. The number of anilines is 1. The number of rotatable bonds is 6. The average Bonchev–Trinajstić information content (AvgIpc) is 3.23. The standard InChI is InChI=1S/C30H27N3O4S/c1-18-7-5-6-8-24(18)32-28(34)26-19(2)31-30-33(27(26)21-11-15-23(37-4)16-12-21)29(35)25(38-30)17-20-9-13-22(36-3)14-10-20/h5-17,27H,1-4H3,(H,32,34)/b25-17+/t27-/m0/s1. The highest BCUT2D eigenvalue weighted by Crippen LogP contribution is 2.32. The minimum absolute atomic E-state index is 0.209.